The number of rotatable bonds is 17. The maximum atomic E-state index is 12.1. The topological polar surface area (TPSA) is 26.3 Å². The van der Waals surface area contributed by atoms with E-state index in [-0.39, 0.29) is 5.97 Å². The summed E-state index contributed by atoms with van der Waals surface area (Å²) in [5, 5.41) is 0. The molecule has 0 amide bonds. The third-order valence-electron chi connectivity index (χ3n) is 5.77. The van der Waals surface area contributed by atoms with Crippen molar-refractivity contribution in [3.05, 3.63) is 29.8 Å². The minimum atomic E-state index is -0.953. The standard InChI is InChI=1S/C26H43ClO2/c1-4-6-7-8-9-10-11-12-13-14-15-16-17-19-23-20-18-21-24(22-23)29-25(28)26(3,27)5-2/h18,20-22H,4-17,19H2,1-3H3. The number of esters is 1. The van der Waals surface area contributed by atoms with Gasteiger partial charge in [0.05, 0.1) is 0 Å². The second-order valence-corrected chi connectivity index (χ2v) is 9.41. The molecule has 1 atom stereocenters. The zero-order valence-electron chi connectivity index (χ0n) is 19.1. The van der Waals surface area contributed by atoms with Gasteiger partial charge in [-0.25, -0.2) is 4.79 Å². The number of alkyl halides is 1. The lowest BCUT2D eigenvalue weighted by Gasteiger charge is -2.17. The highest BCUT2D eigenvalue weighted by Crippen LogP contribution is 2.23. The average Bonchev–Trinajstić information content (AvgIpc) is 2.71. The molecule has 1 rings (SSSR count). The number of unbranched alkanes of at least 4 members (excludes halogenated alkanes) is 12. The smallest absolute Gasteiger partial charge is 0.332 e. The Labute approximate surface area is 184 Å². The Bertz CT molecular complexity index is 553. The van der Waals surface area contributed by atoms with Gasteiger partial charge in [0.2, 0.25) is 0 Å². The molecule has 2 nitrogen and oxygen atoms in total. The van der Waals surface area contributed by atoms with Crippen LogP contribution in [0, 0.1) is 0 Å². The van der Waals surface area contributed by atoms with Gasteiger partial charge in [-0.15, -0.1) is 11.6 Å². The fourth-order valence-electron chi connectivity index (χ4n) is 3.47. The van der Waals surface area contributed by atoms with Crippen molar-refractivity contribution in [3.63, 3.8) is 0 Å². The Balaban J connectivity index is 2.08. The first-order valence-corrected chi connectivity index (χ1v) is 12.4. The SMILES string of the molecule is CCCCCCCCCCCCCCCc1cccc(OC(=O)C(C)(Cl)CC)c1. The molecule has 0 aliphatic carbocycles. The third-order valence-corrected chi connectivity index (χ3v) is 6.19. The molecule has 0 spiro atoms. The number of halogens is 1. The first-order valence-electron chi connectivity index (χ1n) is 12.0. The van der Waals surface area contributed by atoms with E-state index < -0.39 is 4.87 Å². The van der Waals surface area contributed by atoms with Crippen LogP contribution in [-0.4, -0.2) is 10.8 Å². The van der Waals surface area contributed by atoms with Crippen LogP contribution in [0.5, 0.6) is 5.75 Å². The Morgan fingerprint density at radius 2 is 1.38 bits per heavy atom. The minimum absolute atomic E-state index is 0.375. The fourth-order valence-corrected chi connectivity index (χ4v) is 3.51. The molecule has 0 aliphatic rings. The summed E-state index contributed by atoms with van der Waals surface area (Å²) >= 11 is 6.18. The predicted octanol–water partition coefficient (Wildman–Crippen LogP) is 8.63. The summed E-state index contributed by atoms with van der Waals surface area (Å²) in [7, 11) is 0. The number of benzene rings is 1. The molecule has 1 aromatic carbocycles. The minimum Gasteiger partial charge on any atom is -0.425 e. The Hall–Kier alpha value is -1.02. The highest BCUT2D eigenvalue weighted by atomic mass is 35.5. The van der Waals surface area contributed by atoms with Gasteiger partial charge in [-0.1, -0.05) is 103 Å². The molecule has 3 heteroatoms. The Kier molecular flexibility index (Phi) is 14.1. The van der Waals surface area contributed by atoms with Crippen molar-refractivity contribution in [2.45, 2.75) is 122 Å². The molecule has 0 aliphatic heterocycles. The van der Waals surface area contributed by atoms with E-state index in [1.165, 1.54) is 89.0 Å². The van der Waals surface area contributed by atoms with Crippen LogP contribution in [0.2, 0.25) is 0 Å². The molecular weight excluding hydrogens is 380 g/mol. The van der Waals surface area contributed by atoms with Gasteiger partial charge in [0.15, 0.2) is 0 Å². The lowest BCUT2D eigenvalue weighted by Crippen LogP contribution is -2.32. The van der Waals surface area contributed by atoms with Crippen LogP contribution in [0.25, 0.3) is 0 Å². The summed E-state index contributed by atoms with van der Waals surface area (Å²) in [5.41, 5.74) is 1.23. The van der Waals surface area contributed by atoms with E-state index in [0.717, 1.165) is 6.42 Å². The van der Waals surface area contributed by atoms with Crippen molar-refractivity contribution in [2.24, 2.45) is 0 Å². The quantitative estimate of drug-likeness (QED) is 0.109. The lowest BCUT2D eigenvalue weighted by molar-refractivity contribution is -0.137. The van der Waals surface area contributed by atoms with E-state index in [1.807, 2.05) is 25.1 Å². The molecule has 0 fully saturated rings. The number of ether oxygens (including phenoxy) is 1. The van der Waals surface area contributed by atoms with Gasteiger partial charge in [0, 0.05) is 0 Å². The Morgan fingerprint density at radius 3 is 1.90 bits per heavy atom. The largest absolute Gasteiger partial charge is 0.425 e. The normalized spacial score (nSPS) is 13.2. The summed E-state index contributed by atoms with van der Waals surface area (Å²) in [6, 6.07) is 7.87. The van der Waals surface area contributed by atoms with Crippen molar-refractivity contribution >= 4 is 17.6 Å². The molecule has 29 heavy (non-hydrogen) atoms. The van der Waals surface area contributed by atoms with Crippen molar-refractivity contribution < 1.29 is 9.53 Å². The molecule has 1 unspecified atom stereocenters. The van der Waals surface area contributed by atoms with Gasteiger partial charge in [0.1, 0.15) is 10.6 Å². The first-order chi connectivity index (χ1) is 14.0. The predicted molar refractivity (Wildman–Crippen MR) is 126 cm³/mol. The molecule has 0 heterocycles. The number of hydrogen-bond donors (Lipinski definition) is 0. The van der Waals surface area contributed by atoms with Crippen molar-refractivity contribution in [2.75, 3.05) is 0 Å². The van der Waals surface area contributed by atoms with Gasteiger partial charge in [-0.05, 0) is 43.9 Å². The second-order valence-electron chi connectivity index (χ2n) is 8.58. The maximum absolute atomic E-state index is 12.1. The van der Waals surface area contributed by atoms with Gasteiger partial charge >= 0.3 is 5.97 Å². The average molecular weight is 423 g/mol. The summed E-state index contributed by atoms with van der Waals surface area (Å²) in [6.07, 6.45) is 19.4. The Morgan fingerprint density at radius 1 is 0.862 bits per heavy atom. The van der Waals surface area contributed by atoms with Crippen LogP contribution in [-0.2, 0) is 11.2 Å². The zero-order chi connectivity index (χ0) is 21.4. The van der Waals surface area contributed by atoms with E-state index in [9.17, 15) is 4.79 Å². The van der Waals surface area contributed by atoms with E-state index >= 15 is 0 Å². The molecule has 1 aromatic rings. The van der Waals surface area contributed by atoms with Gasteiger partial charge in [0.25, 0.3) is 0 Å². The van der Waals surface area contributed by atoms with E-state index in [1.54, 1.807) is 6.92 Å². The van der Waals surface area contributed by atoms with Gasteiger partial charge in [-0.2, -0.15) is 0 Å². The van der Waals surface area contributed by atoms with Crippen LogP contribution < -0.4 is 4.74 Å². The highest BCUT2D eigenvalue weighted by Gasteiger charge is 2.30. The molecular formula is C26H43ClO2. The van der Waals surface area contributed by atoms with Crippen LogP contribution in [0.4, 0.5) is 0 Å². The van der Waals surface area contributed by atoms with Crippen molar-refractivity contribution in [3.8, 4) is 5.75 Å². The van der Waals surface area contributed by atoms with Crippen LogP contribution in [0.15, 0.2) is 24.3 Å². The molecule has 0 aromatic heterocycles. The van der Waals surface area contributed by atoms with Crippen molar-refractivity contribution in [1.82, 2.24) is 0 Å². The maximum Gasteiger partial charge on any atom is 0.332 e. The van der Waals surface area contributed by atoms with E-state index in [4.69, 9.17) is 16.3 Å². The lowest BCUT2D eigenvalue weighted by atomic mass is 10.0. The number of carbonyl (C=O) groups excluding carboxylic acids is 1. The van der Waals surface area contributed by atoms with Crippen molar-refractivity contribution in [1.29, 1.82) is 0 Å². The van der Waals surface area contributed by atoms with Gasteiger partial charge < -0.3 is 4.74 Å². The fraction of sp³-hybridized carbons (Fsp3) is 0.731. The third kappa shape index (κ3) is 12.3. The highest BCUT2D eigenvalue weighted by molar-refractivity contribution is 6.33. The van der Waals surface area contributed by atoms with E-state index in [2.05, 4.69) is 13.0 Å². The second kappa shape index (κ2) is 15.8. The van der Waals surface area contributed by atoms with E-state index in [0.29, 0.717) is 12.2 Å². The number of aryl methyl sites for hydroxylation is 1. The molecule has 0 saturated heterocycles. The summed E-state index contributed by atoms with van der Waals surface area (Å²) in [5.74, 6) is 0.224. The van der Waals surface area contributed by atoms with Crippen LogP contribution >= 0.6 is 11.6 Å². The number of hydrogen-bond acceptors (Lipinski definition) is 2. The zero-order valence-corrected chi connectivity index (χ0v) is 19.9. The summed E-state index contributed by atoms with van der Waals surface area (Å²) < 4.78 is 5.46. The summed E-state index contributed by atoms with van der Waals surface area (Å²) in [4.78, 5) is 11.2. The molecule has 0 saturated carbocycles. The summed E-state index contributed by atoms with van der Waals surface area (Å²) in [6.45, 7) is 5.87. The molecule has 0 radical (unpaired) electrons. The molecule has 166 valence electrons. The van der Waals surface area contributed by atoms with Crippen LogP contribution in [0.1, 0.15) is 116 Å². The monoisotopic (exact) mass is 422 g/mol. The van der Waals surface area contributed by atoms with Gasteiger partial charge in [-0.3, -0.25) is 0 Å². The molecule has 0 bridgehead atoms. The first kappa shape index (κ1) is 26.0. The number of carbonyl (C=O) groups is 1. The molecule has 0 N–H and O–H groups in total. The van der Waals surface area contributed by atoms with Crippen LogP contribution in [0.3, 0.4) is 0 Å².